The van der Waals surface area contributed by atoms with Crippen LogP contribution in [0.3, 0.4) is 0 Å². The van der Waals surface area contributed by atoms with Crippen molar-refractivity contribution < 1.29 is 18.7 Å². The van der Waals surface area contributed by atoms with Gasteiger partial charge in [-0.1, -0.05) is 6.07 Å². The van der Waals surface area contributed by atoms with E-state index in [0.29, 0.717) is 39.4 Å². The van der Waals surface area contributed by atoms with Crippen LogP contribution in [0.2, 0.25) is 0 Å². The Labute approximate surface area is 142 Å². The van der Waals surface area contributed by atoms with Gasteiger partial charge in [-0.2, -0.15) is 0 Å². The molecule has 6 heteroatoms. The molecule has 0 radical (unpaired) electrons. The van der Waals surface area contributed by atoms with Gasteiger partial charge in [-0.05, 0) is 59.6 Å². The minimum absolute atomic E-state index is 0.365. The maximum atomic E-state index is 13.6. The number of aryl methyl sites for hydroxylation is 1. The van der Waals surface area contributed by atoms with Crippen molar-refractivity contribution in [3.63, 3.8) is 0 Å². The fourth-order valence-corrected chi connectivity index (χ4v) is 2.57. The normalized spacial score (nSPS) is 10.3. The number of anilines is 1. The summed E-state index contributed by atoms with van der Waals surface area (Å²) in [4.78, 5) is 12.3. The summed E-state index contributed by atoms with van der Waals surface area (Å²) in [7, 11) is 1.50. The minimum atomic E-state index is -0.367. The Kier molecular flexibility index (Phi) is 5.60. The van der Waals surface area contributed by atoms with E-state index < -0.39 is 0 Å². The van der Waals surface area contributed by atoms with Gasteiger partial charge in [0.05, 0.1) is 18.2 Å². The molecule has 0 atom stereocenters. The van der Waals surface area contributed by atoms with Crippen LogP contribution >= 0.6 is 15.9 Å². The lowest BCUT2D eigenvalue weighted by Gasteiger charge is -2.13. The van der Waals surface area contributed by atoms with E-state index >= 15 is 0 Å². The first kappa shape index (κ1) is 17.3. The van der Waals surface area contributed by atoms with Gasteiger partial charge < -0.3 is 14.8 Å². The van der Waals surface area contributed by atoms with Crippen LogP contribution in [0.5, 0.6) is 11.5 Å². The van der Waals surface area contributed by atoms with Crippen LogP contribution in [0.4, 0.5) is 10.1 Å². The summed E-state index contributed by atoms with van der Waals surface area (Å²) < 4.78 is 24.9. The van der Waals surface area contributed by atoms with E-state index in [1.807, 2.05) is 6.92 Å². The van der Waals surface area contributed by atoms with E-state index in [2.05, 4.69) is 21.2 Å². The van der Waals surface area contributed by atoms with Gasteiger partial charge in [-0.3, -0.25) is 4.79 Å². The van der Waals surface area contributed by atoms with E-state index in [4.69, 9.17) is 9.47 Å². The third kappa shape index (κ3) is 4.01. The lowest BCUT2D eigenvalue weighted by Crippen LogP contribution is -2.12. The standard InChI is InChI=1S/C17H17BrFNO3/c1-4-23-16-13(18)7-11(8-15(16)22-3)17(21)20-12-6-5-10(2)14(19)9-12/h5-9H,4H2,1-3H3,(H,20,21). The number of methoxy groups -OCH3 is 1. The topological polar surface area (TPSA) is 47.6 Å². The van der Waals surface area contributed by atoms with Gasteiger partial charge in [-0.15, -0.1) is 0 Å². The molecule has 0 heterocycles. The Bertz CT molecular complexity index is 734. The van der Waals surface area contributed by atoms with Crippen molar-refractivity contribution in [2.75, 3.05) is 19.0 Å². The first-order chi connectivity index (χ1) is 11.0. The molecule has 1 N–H and O–H groups in total. The Balaban J connectivity index is 2.28. The summed E-state index contributed by atoms with van der Waals surface area (Å²) in [6.07, 6.45) is 0. The maximum Gasteiger partial charge on any atom is 0.255 e. The Morgan fingerprint density at radius 2 is 2.04 bits per heavy atom. The molecule has 0 saturated carbocycles. The molecule has 4 nitrogen and oxygen atoms in total. The zero-order chi connectivity index (χ0) is 17.0. The number of ether oxygens (including phenoxy) is 2. The average Bonchev–Trinajstić information content (AvgIpc) is 2.52. The van der Waals surface area contributed by atoms with E-state index in [9.17, 15) is 9.18 Å². The van der Waals surface area contributed by atoms with Gasteiger partial charge in [0.25, 0.3) is 5.91 Å². The molecular formula is C17H17BrFNO3. The third-order valence-corrected chi connectivity index (χ3v) is 3.80. The molecule has 0 aliphatic heterocycles. The van der Waals surface area contributed by atoms with E-state index in [-0.39, 0.29) is 11.7 Å². The highest BCUT2D eigenvalue weighted by molar-refractivity contribution is 9.10. The molecule has 1 amide bonds. The summed E-state index contributed by atoms with van der Waals surface area (Å²) in [5, 5.41) is 2.66. The van der Waals surface area contributed by atoms with Gasteiger partial charge >= 0.3 is 0 Å². The van der Waals surface area contributed by atoms with Crippen molar-refractivity contribution in [3.8, 4) is 11.5 Å². The molecule has 0 aromatic heterocycles. The smallest absolute Gasteiger partial charge is 0.255 e. The van der Waals surface area contributed by atoms with Gasteiger partial charge in [0.2, 0.25) is 0 Å². The molecule has 0 saturated heterocycles. The second-order valence-electron chi connectivity index (χ2n) is 4.84. The molecule has 0 aliphatic rings. The fourth-order valence-electron chi connectivity index (χ4n) is 2.01. The number of amides is 1. The molecule has 122 valence electrons. The number of rotatable bonds is 5. The highest BCUT2D eigenvalue weighted by Gasteiger charge is 2.16. The monoisotopic (exact) mass is 381 g/mol. The molecule has 23 heavy (non-hydrogen) atoms. The van der Waals surface area contributed by atoms with Crippen molar-refractivity contribution in [1.29, 1.82) is 0 Å². The number of halogens is 2. The highest BCUT2D eigenvalue weighted by atomic mass is 79.9. The molecule has 0 spiro atoms. The fraction of sp³-hybridized carbons (Fsp3) is 0.235. The number of carbonyl (C=O) groups excluding carboxylic acids is 1. The maximum absolute atomic E-state index is 13.6. The Hall–Kier alpha value is -2.08. The number of carbonyl (C=O) groups is 1. The number of benzene rings is 2. The van der Waals surface area contributed by atoms with Crippen LogP contribution in [0, 0.1) is 12.7 Å². The Morgan fingerprint density at radius 1 is 1.30 bits per heavy atom. The highest BCUT2D eigenvalue weighted by Crippen LogP contribution is 2.36. The summed E-state index contributed by atoms with van der Waals surface area (Å²) >= 11 is 3.37. The molecule has 2 aromatic rings. The average molecular weight is 382 g/mol. The summed E-state index contributed by atoms with van der Waals surface area (Å²) in [6.45, 7) is 4.00. The molecule has 2 rings (SSSR count). The van der Waals surface area contributed by atoms with Crippen LogP contribution < -0.4 is 14.8 Å². The largest absolute Gasteiger partial charge is 0.493 e. The first-order valence-corrected chi connectivity index (χ1v) is 7.83. The van der Waals surface area contributed by atoms with Crippen LogP contribution in [-0.4, -0.2) is 19.6 Å². The lowest BCUT2D eigenvalue weighted by atomic mass is 10.1. The molecule has 0 aliphatic carbocycles. The molecule has 0 bridgehead atoms. The quantitative estimate of drug-likeness (QED) is 0.825. The van der Waals surface area contributed by atoms with Crippen LogP contribution in [0.25, 0.3) is 0 Å². The van der Waals surface area contributed by atoms with Crippen molar-refractivity contribution in [2.45, 2.75) is 13.8 Å². The Morgan fingerprint density at radius 3 is 2.65 bits per heavy atom. The van der Waals surface area contributed by atoms with Gasteiger partial charge in [0.1, 0.15) is 5.82 Å². The van der Waals surface area contributed by atoms with E-state index in [1.165, 1.54) is 13.2 Å². The first-order valence-electron chi connectivity index (χ1n) is 7.04. The van der Waals surface area contributed by atoms with E-state index in [0.717, 1.165) is 0 Å². The second-order valence-corrected chi connectivity index (χ2v) is 5.69. The van der Waals surface area contributed by atoms with E-state index in [1.54, 1.807) is 31.2 Å². The molecule has 0 unspecified atom stereocenters. The van der Waals surface area contributed by atoms with Gasteiger partial charge in [0.15, 0.2) is 11.5 Å². The third-order valence-electron chi connectivity index (χ3n) is 3.21. The second kappa shape index (κ2) is 7.46. The zero-order valence-corrected chi connectivity index (χ0v) is 14.7. The summed E-state index contributed by atoms with van der Waals surface area (Å²) in [5.41, 5.74) is 1.29. The van der Waals surface area contributed by atoms with Crippen molar-refractivity contribution in [1.82, 2.24) is 0 Å². The van der Waals surface area contributed by atoms with Crippen molar-refractivity contribution in [2.24, 2.45) is 0 Å². The number of nitrogens with one attached hydrogen (secondary N) is 1. The number of hydrogen-bond acceptors (Lipinski definition) is 3. The van der Waals surface area contributed by atoms with Gasteiger partial charge in [-0.25, -0.2) is 4.39 Å². The van der Waals surface area contributed by atoms with Gasteiger partial charge in [0, 0.05) is 11.3 Å². The van der Waals surface area contributed by atoms with Crippen LogP contribution in [-0.2, 0) is 0 Å². The SMILES string of the molecule is CCOc1c(Br)cc(C(=O)Nc2ccc(C)c(F)c2)cc1OC. The van der Waals surface area contributed by atoms with Crippen LogP contribution in [0.15, 0.2) is 34.8 Å². The molecule has 0 fully saturated rings. The zero-order valence-electron chi connectivity index (χ0n) is 13.1. The van der Waals surface area contributed by atoms with Crippen LogP contribution in [0.1, 0.15) is 22.8 Å². The summed E-state index contributed by atoms with van der Waals surface area (Å²) in [5.74, 6) is 0.248. The number of hydrogen-bond donors (Lipinski definition) is 1. The molecular weight excluding hydrogens is 365 g/mol. The van der Waals surface area contributed by atoms with Crippen molar-refractivity contribution >= 4 is 27.5 Å². The predicted molar refractivity (Wildman–Crippen MR) is 91.0 cm³/mol. The predicted octanol–water partition coefficient (Wildman–Crippen LogP) is 4.56. The lowest BCUT2D eigenvalue weighted by molar-refractivity contribution is 0.102. The summed E-state index contributed by atoms with van der Waals surface area (Å²) in [6, 6.07) is 7.76. The minimum Gasteiger partial charge on any atom is -0.493 e. The van der Waals surface area contributed by atoms with Crippen molar-refractivity contribution in [3.05, 3.63) is 51.7 Å². The molecule has 2 aromatic carbocycles.